The van der Waals surface area contributed by atoms with E-state index in [9.17, 15) is 4.79 Å². The first kappa shape index (κ1) is 19.9. The quantitative estimate of drug-likeness (QED) is 0.343. The maximum Gasteiger partial charge on any atom is 0.251 e. The van der Waals surface area contributed by atoms with Gasteiger partial charge < -0.3 is 25.6 Å². The van der Waals surface area contributed by atoms with Gasteiger partial charge in [0.2, 0.25) is 0 Å². The Balaban J connectivity index is 2.51. The average Bonchev–Trinajstić information content (AvgIpc) is 2.58. The fourth-order valence-electron chi connectivity index (χ4n) is 2.00. The van der Waals surface area contributed by atoms with Crippen molar-refractivity contribution < 1.29 is 9.53 Å². The lowest BCUT2D eigenvalue weighted by molar-refractivity contribution is 0.0951. The lowest BCUT2D eigenvalue weighted by Crippen LogP contribution is -2.38. The molecule has 1 aromatic carbocycles. The number of benzene rings is 1. The van der Waals surface area contributed by atoms with Crippen molar-refractivity contribution in [2.24, 2.45) is 4.99 Å². The molecule has 0 spiro atoms. The molecule has 1 aromatic rings. The van der Waals surface area contributed by atoms with E-state index in [0.717, 1.165) is 12.1 Å². The van der Waals surface area contributed by atoms with E-state index in [-0.39, 0.29) is 5.91 Å². The number of carbonyl (C=O) groups excluding carboxylic acids is 1. The molecule has 0 aliphatic rings. The molecular formula is C17H29N5O2. The molecule has 0 saturated heterocycles. The highest BCUT2D eigenvalue weighted by atomic mass is 16.5. The topological polar surface area (TPSA) is 78.0 Å². The maximum atomic E-state index is 12.1. The molecular weight excluding hydrogens is 306 g/mol. The van der Waals surface area contributed by atoms with E-state index in [1.54, 1.807) is 14.2 Å². The van der Waals surface area contributed by atoms with Crippen LogP contribution in [0.2, 0.25) is 0 Å². The molecule has 1 amide bonds. The number of likely N-dealkylation sites (N-methyl/N-ethyl adjacent to an activating group) is 1. The number of amides is 1. The van der Waals surface area contributed by atoms with Crippen LogP contribution in [0.1, 0.15) is 15.9 Å². The predicted molar refractivity (Wildman–Crippen MR) is 97.4 cm³/mol. The molecule has 0 bridgehead atoms. The van der Waals surface area contributed by atoms with Gasteiger partial charge in [0.25, 0.3) is 5.91 Å². The molecule has 0 fully saturated rings. The summed E-state index contributed by atoms with van der Waals surface area (Å²) in [5.74, 6) is 0.647. The fraction of sp³-hybridized carbons (Fsp3) is 0.529. The molecule has 0 aromatic heterocycles. The molecule has 0 atom stereocenters. The number of methoxy groups -OCH3 is 1. The summed E-state index contributed by atoms with van der Waals surface area (Å²) in [6, 6.07) is 7.57. The van der Waals surface area contributed by atoms with Crippen LogP contribution in [0.25, 0.3) is 0 Å². The van der Waals surface area contributed by atoms with Gasteiger partial charge in [0.15, 0.2) is 5.96 Å². The molecule has 7 heteroatoms. The van der Waals surface area contributed by atoms with Gasteiger partial charge in [0.1, 0.15) is 0 Å². The first-order valence-corrected chi connectivity index (χ1v) is 8.02. The van der Waals surface area contributed by atoms with Crippen LogP contribution in [0.3, 0.4) is 0 Å². The number of hydrogen-bond acceptors (Lipinski definition) is 4. The number of carbonyl (C=O) groups is 1. The third-order valence-electron chi connectivity index (χ3n) is 3.32. The number of rotatable bonds is 9. The van der Waals surface area contributed by atoms with Crippen LogP contribution >= 0.6 is 0 Å². The zero-order chi connectivity index (χ0) is 17.8. The Morgan fingerprint density at radius 3 is 2.67 bits per heavy atom. The minimum Gasteiger partial charge on any atom is -0.383 e. The zero-order valence-electron chi connectivity index (χ0n) is 15.1. The second-order valence-electron chi connectivity index (χ2n) is 5.60. The van der Waals surface area contributed by atoms with Crippen LogP contribution in [-0.4, -0.2) is 71.3 Å². The molecule has 7 nitrogen and oxygen atoms in total. The summed E-state index contributed by atoms with van der Waals surface area (Å²) in [6.07, 6.45) is 0. The highest BCUT2D eigenvalue weighted by Crippen LogP contribution is 2.05. The maximum absolute atomic E-state index is 12.1. The number of nitrogens with zero attached hydrogens (tertiary/aromatic N) is 2. The lowest BCUT2D eigenvalue weighted by Gasteiger charge is -2.13. The molecule has 134 valence electrons. The van der Waals surface area contributed by atoms with E-state index in [1.165, 1.54) is 0 Å². The number of guanidine groups is 1. The van der Waals surface area contributed by atoms with E-state index in [2.05, 4.69) is 20.9 Å². The number of aliphatic imine (C=N–C) groups is 1. The van der Waals surface area contributed by atoms with Gasteiger partial charge in [-0.3, -0.25) is 9.79 Å². The summed E-state index contributed by atoms with van der Waals surface area (Å²) in [6.45, 7) is 3.33. The van der Waals surface area contributed by atoms with Gasteiger partial charge >= 0.3 is 0 Å². The third kappa shape index (κ3) is 7.94. The van der Waals surface area contributed by atoms with Gasteiger partial charge in [-0.1, -0.05) is 12.1 Å². The zero-order valence-corrected chi connectivity index (χ0v) is 15.1. The summed E-state index contributed by atoms with van der Waals surface area (Å²) in [7, 11) is 7.34. The fourth-order valence-corrected chi connectivity index (χ4v) is 2.00. The Labute approximate surface area is 144 Å². The molecule has 0 saturated carbocycles. The Morgan fingerprint density at radius 2 is 2.00 bits per heavy atom. The molecule has 0 aliphatic carbocycles. The number of nitrogens with one attached hydrogen (secondary N) is 3. The molecule has 3 N–H and O–H groups in total. The first-order valence-electron chi connectivity index (χ1n) is 8.02. The molecule has 0 heterocycles. The Bertz CT molecular complexity index is 531. The van der Waals surface area contributed by atoms with Crippen LogP contribution in [0.15, 0.2) is 29.3 Å². The highest BCUT2D eigenvalue weighted by molar-refractivity contribution is 5.94. The third-order valence-corrected chi connectivity index (χ3v) is 3.32. The van der Waals surface area contributed by atoms with E-state index >= 15 is 0 Å². The normalized spacial score (nSPS) is 11.5. The van der Waals surface area contributed by atoms with Crippen molar-refractivity contribution in [1.29, 1.82) is 0 Å². The van der Waals surface area contributed by atoms with Crippen molar-refractivity contribution in [2.45, 2.75) is 6.54 Å². The van der Waals surface area contributed by atoms with Gasteiger partial charge in [-0.2, -0.15) is 0 Å². The van der Waals surface area contributed by atoms with E-state index in [0.29, 0.717) is 37.8 Å². The van der Waals surface area contributed by atoms with Gasteiger partial charge in [0.05, 0.1) is 6.61 Å². The highest BCUT2D eigenvalue weighted by Gasteiger charge is 2.06. The van der Waals surface area contributed by atoms with Crippen molar-refractivity contribution >= 4 is 11.9 Å². The van der Waals surface area contributed by atoms with Gasteiger partial charge in [-0.25, -0.2) is 0 Å². The summed E-state index contributed by atoms with van der Waals surface area (Å²) < 4.78 is 5.00. The minimum atomic E-state index is -0.0544. The van der Waals surface area contributed by atoms with Crippen molar-refractivity contribution in [3.05, 3.63) is 35.4 Å². The SMILES string of the molecule is CN=C(NCCOC)NCc1cccc(C(=O)NCCN(C)C)c1. The van der Waals surface area contributed by atoms with E-state index in [4.69, 9.17) is 4.74 Å². The second-order valence-corrected chi connectivity index (χ2v) is 5.60. The van der Waals surface area contributed by atoms with Crippen LogP contribution in [0, 0.1) is 0 Å². The number of hydrogen-bond donors (Lipinski definition) is 3. The van der Waals surface area contributed by atoms with Crippen LogP contribution in [-0.2, 0) is 11.3 Å². The van der Waals surface area contributed by atoms with E-state index < -0.39 is 0 Å². The Hall–Kier alpha value is -2.12. The van der Waals surface area contributed by atoms with Crippen LogP contribution < -0.4 is 16.0 Å². The summed E-state index contributed by atoms with van der Waals surface area (Å²) in [5, 5.41) is 9.28. The predicted octanol–water partition coefficient (Wildman–Crippen LogP) is 0.289. The Kier molecular flexibility index (Phi) is 9.48. The van der Waals surface area contributed by atoms with Crippen molar-refractivity contribution in [3.63, 3.8) is 0 Å². The average molecular weight is 335 g/mol. The van der Waals surface area contributed by atoms with Crippen molar-refractivity contribution in [2.75, 3.05) is 54.5 Å². The summed E-state index contributed by atoms with van der Waals surface area (Å²) in [5.41, 5.74) is 1.68. The van der Waals surface area contributed by atoms with Gasteiger partial charge in [0, 0.05) is 45.9 Å². The summed E-state index contributed by atoms with van der Waals surface area (Å²) >= 11 is 0. The monoisotopic (exact) mass is 335 g/mol. The molecule has 1 rings (SSSR count). The number of ether oxygens (including phenoxy) is 1. The smallest absolute Gasteiger partial charge is 0.251 e. The van der Waals surface area contributed by atoms with Crippen molar-refractivity contribution in [1.82, 2.24) is 20.9 Å². The van der Waals surface area contributed by atoms with Gasteiger partial charge in [-0.05, 0) is 31.8 Å². The van der Waals surface area contributed by atoms with Crippen LogP contribution in [0.4, 0.5) is 0 Å². The largest absolute Gasteiger partial charge is 0.383 e. The standard InChI is InChI=1S/C17H29N5O2/c1-18-17(20-9-11-24-4)21-13-14-6-5-7-15(12-14)16(23)19-8-10-22(2)3/h5-7,12H,8-11,13H2,1-4H3,(H,19,23)(H2,18,20,21). The summed E-state index contributed by atoms with van der Waals surface area (Å²) in [4.78, 5) is 18.3. The molecule has 0 aliphatic heterocycles. The van der Waals surface area contributed by atoms with Crippen LogP contribution in [0.5, 0.6) is 0 Å². The van der Waals surface area contributed by atoms with Gasteiger partial charge in [-0.15, -0.1) is 0 Å². The van der Waals surface area contributed by atoms with Crippen molar-refractivity contribution in [3.8, 4) is 0 Å². The minimum absolute atomic E-state index is 0.0544. The molecule has 0 unspecified atom stereocenters. The van der Waals surface area contributed by atoms with E-state index in [1.807, 2.05) is 43.3 Å². The second kappa shape index (κ2) is 11.4. The Morgan fingerprint density at radius 1 is 1.21 bits per heavy atom. The first-order chi connectivity index (χ1) is 11.6. The molecule has 24 heavy (non-hydrogen) atoms. The molecule has 0 radical (unpaired) electrons. The lowest BCUT2D eigenvalue weighted by atomic mass is 10.1.